The Labute approximate surface area is 179 Å². The molecule has 0 aliphatic heterocycles. The number of sulfonamides is 1. The van der Waals surface area contributed by atoms with Crippen LogP contribution in [0.2, 0.25) is 5.02 Å². The van der Waals surface area contributed by atoms with E-state index in [-0.39, 0.29) is 27.7 Å². The molecule has 2 aromatic carbocycles. The molecule has 3 aromatic rings. The van der Waals surface area contributed by atoms with Crippen LogP contribution in [0.3, 0.4) is 0 Å². The van der Waals surface area contributed by atoms with Gasteiger partial charge in [-0.05, 0) is 61.0 Å². The second-order valence-electron chi connectivity index (χ2n) is 6.54. The van der Waals surface area contributed by atoms with E-state index in [4.69, 9.17) is 11.6 Å². The monoisotopic (exact) mass is 447 g/mol. The molecular formula is C21H19ClFN3O3S. The van der Waals surface area contributed by atoms with E-state index >= 15 is 0 Å². The lowest BCUT2D eigenvalue weighted by molar-refractivity contribution is 0.0950. The molecule has 0 saturated heterocycles. The number of hydrogen-bond acceptors (Lipinski definition) is 4. The van der Waals surface area contributed by atoms with Crippen LogP contribution < -0.4 is 9.62 Å². The van der Waals surface area contributed by atoms with Gasteiger partial charge in [0.15, 0.2) is 0 Å². The topological polar surface area (TPSA) is 79.4 Å². The van der Waals surface area contributed by atoms with E-state index in [0.717, 1.165) is 9.87 Å². The van der Waals surface area contributed by atoms with E-state index in [1.54, 1.807) is 12.3 Å². The Hall–Kier alpha value is -2.97. The van der Waals surface area contributed by atoms with Gasteiger partial charge in [0.25, 0.3) is 15.9 Å². The number of aromatic nitrogens is 1. The van der Waals surface area contributed by atoms with Gasteiger partial charge in [0.05, 0.1) is 33.4 Å². The molecule has 156 valence electrons. The van der Waals surface area contributed by atoms with Gasteiger partial charge < -0.3 is 5.32 Å². The zero-order valence-corrected chi connectivity index (χ0v) is 17.8. The third kappa shape index (κ3) is 4.60. The molecule has 0 bridgehead atoms. The first-order valence-electron chi connectivity index (χ1n) is 8.93. The summed E-state index contributed by atoms with van der Waals surface area (Å²) in [4.78, 5) is 16.7. The normalized spacial score (nSPS) is 11.2. The highest BCUT2D eigenvalue weighted by atomic mass is 35.5. The van der Waals surface area contributed by atoms with Crippen molar-refractivity contribution in [1.82, 2.24) is 10.3 Å². The summed E-state index contributed by atoms with van der Waals surface area (Å²) < 4.78 is 40.1. The van der Waals surface area contributed by atoms with Gasteiger partial charge in [-0.2, -0.15) is 0 Å². The number of anilines is 1. The molecule has 0 fully saturated rings. The summed E-state index contributed by atoms with van der Waals surface area (Å²) in [7, 11) is -2.64. The zero-order chi connectivity index (χ0) is 21.9. The Balaban J connectivity index is 1.85. The Morgan fingerprint density at radius 2 is 1.87 bits per heavy atom. The van der Waals surface area contributed by atoms with Crippen LogP contribution in [0.5, 0.6) is 0 Å². The van der Waals surface area contributed by atoms with Crippen molar-refractivity contribution in [2.75, 3.05) is 11.4 Å². The molecule has 1 heterocycles. The van der Waals surface area contributed by atoms with Crippen molar-refractivity contribution in [3.8, 4) is 0 Å². The predicted molar refractivity (Wildman–Crippen MR) is 114 cm³/mol. The number of halogens is 2. The summed E-state index contributed by atoms with van der Waals surface area (Å²) in [5.41, 5.74) is 1.92. The van der Waals surface area contributed by atoms with Crippen molar-refractivity contribution >= 4 is 33.2 Å². The van der Waals surface area contributed by atoms with E-state index < -0.39 is 21.7 Å². The van der Waals surface area contributed by atoms with Gasteiger partial charge in [0.2, 0.25) is 0 Å². The fraction of sp³-hybridized carbons (Fsp3) is 0.143. The number of carbonyl (C=O) groups excluding carboxylic acids is 1. The Bertz CT molecular complexity index is 1180. The van der Waals surface area contributed by atoms with Gasteiger partial charge in [-0.1, -0.05) is 17.7 Å². The minimum atomic E-state index is -3.99. The van der Waals surface area contributed by atoms with Crippen LogP contribution in [-0.4, -0.2) is 26.4 Å². The van der Waals surface area contributed by atoms with Crippen molar-refractivity contribution in [2.24, 2.45) is 0 Å². The molecule has 0 aliphatic carbocycles. The average molecular weight is 448 g/mol. The summed E-state index contributed by atoms with van der Waals surface area (Å²) in [5.74, 6) is -0.996. The highest BCUT2D eigenvalue weighted by Crippen LogP contribution is 2.26. The van der Waals surface area contributed by atoms with Crippen LogP contribution in [0, 0.1) is 12.7 Å². The van der Waals surface area contributed by atoms with Crippen LogP contribution in [0.1, 0.15) is 21.6 Å². The minimum absolute atomic E-state index is 0.0267. The van der Waals surface area contributed by atoms with Crippen LogP contribution >= 0.6 is 11.6 Å². The first kappa shape index (κ1) is 21.7. The smallest absolute Gasteiger partial charge is 0.264 e. The molecule has 6 nitrogen and oxygen atoms in total. The van der Waals surface area contributed by atoms with E-state index in [9.17, 15) is 17.6 Å². The fourth-order valence-electron chi connectivity index (χ4n) is 2.75. The van der Waals surface area contributed by atoms with Gasteiger partial charge in [0.1, 0.15) is 5.82 Å². The maximum atomic E-state index is 13.1. The first-order valence-corrected chi connectivity index (χ1v) is 10.7. The van der Waals surface area contributed by atoms with Crippen molar-refractivity contribution in [1.29, 1.82) is 0 Å². The molecule has 0 radical (unpaired) electrons. The summed E-state index contributed by atoms with van der Waals surface area (Å²) in [6.45, 7) is 2.05. The summed E-state index contributed by atoms with van der Waals surface area (Å²) >= 11 is 6.14. The molecule has 0 spiro atoms. The Kier molecular flexibility index (Phi) is 6.38. The number of nitrogens with one attached hydrogen (secondary N) is 1. The zero-order valence-electron chi connectivity index (χ0n) is 16.3. The number of rotatable bonds is 6. The molecule has 1 amide bonds. The van der Waals surface area contributed by atoms with Crippen molar-refractivity contribution in [2.45, 2.75) is 18.4 Å². The quantitative estimate of drug-likeness (QED) is 0.620. The van der Waals surface area contributed by atoms with E-state index in [2.05, 4.69) is 10.3 Å². The fourth-order valence-corrected chi connectivity index (χ4v) is 4.18. The lowest BCUT2D eigenvalue weighted by atomic mass is 10.2. The third-order valence-electron chi connectivity index (χ3n) is 4.57. The molecule has 1 N–H and O–H groups in total. The number of hydrogen-bond donors (Lipinski definition) is 1. The molecule has 30 heavy (non-hydrogen) atoms. The average Bonchev–Trinajstić information content (AvgIpc) is 2.73. The van der Waals surface area contributed by atoms with E-state index in [1.807, 2.05) is 13.0 Å². The molecule has 1 aromatic heterocycles. The number of nitrogens with zero attached hydrogens (tertiary/aromatic N) is 2. The number of aryl methyl sites for hydroxylation is 1. The molecule has 0 atom stereocenters. The van der Waals surface area contributed by atoms with Crippen molar-refractivity contribution in [3.63, 3.8) is 0 Å². The number of pyridine rings is 1. The largest absolute Gasteiger partial charge is 0.346 e. The highest BCUT2D eigenvalue weighted by Gasteiger charge is 2.24. The SMILES string of the molecule is Cc1cccnc1CNC(=O)c1cc(S(=O)(=O)N(C)c2ccc(F)cc2)ccc1Cl. The number of amides is 1. The molecule has 0 unspecified atom stereocenters. The minimum Gasteiger partial charge on any atom is -0.346 e. The lowest BCUT2D eigenvalue weighted by Crippen LogP contribution is -2.28. The second-order valence-corrected chi connectivity index (χ2v) is 8.92. The first-order chi connectivity index (χ1) is 14.2. The van der Waals surface area contributed by atoms with Gasteiger partial charge in [-0.3, -0.25) is 14.1 Å². The van der Waals surface area contributed by atoms with E-state index in [0.29, 0.717) is 5.69 Å². The maximum absolute atomic E-state index is 13.1. The number of benzene rings is 2. The van der Waals surface area contributed by atoms with Gasteiger partial charge in [0, 0.05) is 13.2 Å². The molecular weight excluding hydrogens is 429 g/mol. The van der Waals surface area contributed by atoms with Crippen molar-refractivity contribution < 1.29 is 17.6 Å². The summed E-state index contributed by atoms with van der Waals surface area (Å²) in [6.07, 6.45) is 1.62. The van der Waals surface area contributed by atoms with Crippen LogP contribution in [-0.2, 0) is 16.6 Å². The van der Waals surface area contributed by atoms with Crippen LogP contribution in [0.4, 0.5) is 10.1 Å². The highest BCUT2D eigenvalue weighted by molar-refractivity contribution is 7.92. The maximum Gasteiger partial charge on any atom is 0.264 e. The van der Waals surface area contributed by atoms with Crippen LogP contribution in [0.15, 0.2) is 65.7 Å². The van der Waals surface area contributed by atoms with Gasteiger partial charge >= 0.3 is 0 Å². The summed E-state index contributed by atoms with van der Waals surface area (Å²) in [6, 6.07) is 12.6. The van der Waals surface area contributed by atoms with Crippen LogP contribution in [0.25, 0.3) is 0 Å². The molecule has 3 rings (SSSR count). The standard InChI is InChI=1S/C21H19ClFN3O3S/c1-14-4-3-11-24-20(14)13-25-21(27)18-12-17(9-10-19(18)22)30(28,29)26(2)16-7-5-15(23)6-8-16/h3-12H,13H2,1-2H3,(H,25,27). The second kappa shape index (κ2) is 8.81. The Morgan fingerprint density at radius 3 is 2.53 bits per heavy atom. The molecule has 0 saturated carbocycles. The van der Waals surface area contributed by atoms with Gasteiger partial charge in [-0.15, -0.1) is 0 Å². The molecule has 9 heteroatoms. The lowest BCUT2D eigenvalue weighted by Gasteiger charge is -2.20. The van der Waals surface area contributed by atoms with E-state index in [1.165, 1.54) is 49.5 Å². The Morgan fingerprint density at radius 1 is 1.17 bits per heavy atom. The third-order valence-corrected chi connectivity index (χ3v) is 6.68. The summed E-state index contributed by atoms with van der Waals surface area (Å²) in [5, 5.41) is 2.83. The number of carbonyl (C=O) groups is 1. The van der Waals surface area contributed by atoms with Crippen molar-refractivity contribution in [3.05, 3.63) is 88.5 Å². The predicted octanol–water partition coefficient (Wildman–Crippen LogP) is 3.94. The molecule has 0 aliphatic rings. The van der Waals surface area contributed by atoms with Gasteiger partial charge in [-0.25, -0.2) is 12.8 Å².